The minimum Gasteiger partial charge on any atom is -0.490 e. The van der Waals surface area contributed by atoms with Crippen LogP contribution in [0.1, 0.15) is 47.7 Å². The third kappa shape index (κ3) is 7.49. The average Bonchev–Trinajstić information content (AvgIpc) is 3.19. The van der Waals surface area contributed by atoms with Crippen LogP contribution in [0, 0.1) is 0 Å². The molecule has 0 aliphatic rings. The van der Waals surface area contributed by atoms with Crippen LogP contribution in [-0.4, -0.2) is 48.4 Å². The minimum absolute atomic E-state index is 0.0164. The Balaban J connectivity index is 2.14. The highest BCUT2D eigenvalue weighted by atomic mass is 32.1. The smallest absolute Gasteiger partial charge is 0.342 e. The Kier molecular flexibility index (Phi) is 8.63. The SMILES string of the molecule is CC(C)NCC(O)COc1ccc(NC(=O)c2cccs2)cc1C(=O)OC(C)C. The number of hydrogen-bond acceptors (Lipinski definition) is 7. The Morgan fingerprint density at radius 1 is 1.17 bits per heavy atom. The van der Waals surface area contributed by atoms with Gasteiger partial charge < -0.3 is 25.2 Å². The van der Waals surface area contributed by atoms with Crippen molar-refractivity contribution in [2.45, 2.75) is 45.9 Å². The van der Waals surface area contributed by atoms with Crippen LogP contribution in [0.2, 0.25) is 0 Å². The first-order valence-corrected chi connectivity index (χ1v) is 10.4. The molecule has 7 nitrogen and oxygen atoms in total. The summed E-state index contributed by atoms with van der Waals surface area (Å²) < 4.78 is 11.0. The van der Waals surface area contributed by atoms with Crippen LogP contribution in [0.25, 0.3) is 0 Å². The number of aliphatic hydroxyl groups excluding tert-OH is 1. The first kappa shape index (κ1) is 22.9. The van der Waals surface area contributed by atoms with E-state index in [2.05, 4.69) is 10.6 Å². The lowest BCUT2D eigenvalue weighted by atomic mass is 10.1. The van der Waals surface area contributed by atoms with Crippen LogP contribution < -0.4 is 15.4 Å². The monoisotopic (exact) mass is 420 g/mol. The van der Waals surface area contributed by atoms with Gasteiger partial charge in [0, 0.05) is 18.3 Å². The summed E-state index contributed by atoms with van der Waals surface area (Å²) in [6.07, 6.45) is -1.04. The molecule has 1 aromatic heterocycles. The maximum Gasteiger partial charge on any atom is 0.342 e. The lowest BCUT2D eigenvalue weighted by Crippen LogP contribution is -2.35. The Labute approximate surface area is 175 Å². The Morgan fingerprint density at radius 3 is 2.55 bits per heavy atom. The zero-order chi connectivity index (χ0) is 21.4. The molecule has 1 atom stereocenters. The molecule has 2 rings (SSSR count). The van der Waals surface area contributed by atoms with Crippen LogP contribution >= 0.6 is 11.3 Å². The summed E-state index contributed by atoms with van der Waals surface area (Å²) in [5, 5.41) is 17.8. The zero-order valence-corrected chi connectivity index (χ0v) is 17.9. The maximum atomic E-state index is 12.5. The van der Waals surface area contributed by atoms with Gasteiger partial charge >= 0.3 is 5.97 Å². The summed E-state index contributed by atoms with van der Waals surface area (Å²) in [4.78, 5) is 25.4. The minimum atomic E-state index is -0.732. The number of carbonyl (C=O) groups is 2. The number of thiophene rings is 1. The number of carbonyl (C=O) groups excluding carboxylic acids is 2. The molecule has 1 heterocycles. The molecule has 1 unspecified atom stereocenters. The van der Waals surface area contributed by atoms with Crippen molar-refractivity contribution in [3.8, 4) is 5.75 Å². The van der Waals surface area contributed by atoms with Gasteiger partial charge in [0.1, 0.15) is 24.0 Å². The van der Waals surface area contributed by atoms with Gasteiger partial charge in [-0.1, -0.05) is 19.9 Å². The molecule has 0 saturated carbocycles. The second kappa shape index (κ2) is 10.9. The van der Waals surface area contributed by atoms with Crippen LogP contribution in [0.3, 0.4) is 0 Å². The van der Waals surface area contributed by atoms with Crippen LogP contribution in [0.15, 0.2) is 35.7 Å². The normalized spacial score (nSPS) is 12.1. The number of esters is 1. The zero-order valence-electron chi connectivity index (χ0n) is 17.1. The molecule has 1 amide bonds. The van der Waals surface area contributed by atoms with Gasteiger partial charge in [0.05, 0.1) is 11.0 Å². The molecule has 8 heteroatoms. The largest absolute Gasteiger partial charge is 0.490 e. The number of anilines is 1. The highest BCUT2D eigenvalue weighted by Gasteiger charge is 2.19. The van der Waals surface area contributed by atoms with Crippen molar-refractivity contribution in [3.05, 3.63) is 46.2 Å². The summed E-state index contributed by atoms with van der Waals surface area (Å²) in [7, 11) is 0. The van der Waals surface area contributed by atoms with Gasteiger partial charge in [-0.3, -0.25) is 4.79 Å². The van der Waals surface area contributed by atoms with Gasteiger partial charge in [0.25, 0.3) is 5.91 Å². The Bertz CT molecular complexity index is 805. The molecule has 0 saturated heterocycles. The van der Waals surface area contributed by atoms with E-state index in [9.17, 15) is 14.7 Å². The number of aliphatic hydroxyl groups is 1. The number of ether oxygens (including phenoxy) is 2. The first-order chi connectivity index (χ1) is 13.8. The van der Waals surface area contributed by atoms with E-state index in [1.54, 1.807) is 38.1 Å². The van der Waals surface area contributed by atoms with Gasteiger partial charge in [-0.05, 0) is 43.5 Å². The quantitative estimate of drug-likeness (QED) is 0.510. The number of nitrogens with one attached hydrogen (secondary N) is 2. The molecule has 0 radical (unpaired) electrons. The van der Waals surface area contributed by atoms with E-state index in [-0.39, 0.29) is 36.0 Å². The molecule has 29 heavy (non-hydrogen) atoms. The molecule has 2 aromatic rings. The van der Waals surface area contributed by atoms with Crippen molar-refractivity contribution in [1.29, 1.82) is 0 Å². The van der Waals surface area contributed by atoms with E-state index in [1.807, 2.05) is 19.2 Å². The predicted octanol–water partition coefficient (Wildman–Crippen LogP) is 3.30. The van der Waals surface area contributed by atoms with E-state index in [1.165, 1.54) is 17.4 Å². The first-order valence-electron chi connectivity index (χ1n) is 9.50. The van der Waals surface area contributed by atoms with Crippen molar-refractivity contribution in [2.75, 3.05) is 18.5 Å². The molecule has 0 spiro atoms. The fourth-order valence-corrected chi connectivity index (χ4v) is 3.01. The van der Waals surface area contributed by atoms with E-state index in [0.29, 0.717) is 17.1 Å². The van der Waals surface area contributed by atoms with Crippen molar-refractivity contribution >= 4 is 28.9 Å². The van der Waals surface area contributed by atoms with E-state index < -0.39 is 12.1 Å². The fraction of sp³-hybridized carbons (Fsp3) is 0.429. The predicted molar refractivity (Wildman–Crippen MR) is 114 cm³/mol. The second-order valence-corrected chi connectivity index (χ2v) is 8.07. The standard InChI is InChI=1S/C21H28N2O5S/c1-13(2)22-11-16(24)12-27-18-8-7-15(10-17(18)21(26)28-14(3)4)23-20(25)19-6-5-9-29-19/h5-10,13-14,16,22,24H,11-12H2,1-4H3,(H,23,25). The summed E-state index contributed by atoms with van der Waals surface area (Å²) in [6.45, 7) is 7.86. The Hall–Kier alpha value is -2.42. The van der Waals surface area contributed by atoms with Crippen molar-refractivity contribution in [1.82, 2.24) is 5.32 Å². The van der Waals surface area contributed by atoms with E-state index in [0.717, 1.165) is 0 Å². The molecular weight excluding hydrogens is 392 g/mol. The topological polar surface area (TPSA) is 96.9 Å². The molecule has 3 N–H and O–H groups in total. The summed E-state index contributed by atoms with van der Waals surface area (Å²) >= 11 is 1.33. The summed E-state index contributed by atoms with van der Waals surface area (Å²) in [6, 6.07) is 8.51. The lowest BCUT2D eigenvalue weighted by molar-refractivity contribution is 0.0368. The summed E-state index contributed by atoms with van der Waals surface area (Å²) in [5.74, 6) is -0.530. The Morgan fingerprint density at radius 2 is 1.93 bits per heavy atom. The van der Waals surface area contributed by atoms with Gasteiger partial charge in [-0.2, -0.15) is 0 Å². The third-order valence-corrected chi connectivity index (χ3v) is 4.61. The fourth-order valence-electron chi connectivity index (χ4n) is 2.39. The third-order valence-electron chi connectivity index (χ3n) is 3.74. The highest BCUT2D eigenvalue weighted by molar-refractivity contribution is 7.12. The highest BCUT2D eigenvalue weighted by Crippen LogP contribution is 2.25. The number of amides is 1. The molecule has 0 fully saturated rings. The molecule has 1 aromatic carbocycles. The molecule has 0 aliphatic heterocycles. The van der Waals surface area contributed by atoms with Gasteiger partial charge in [0.15, 0.2) is 0 Å². The van der Waals surface area contributed by atoms with Crippen LogP contribution in [0.4, 0.5) is 5.69 Å². The van der Waals surface area contributed by atoms with Gasteiger partial charge in [0.2, 0.25) is 0 Å². The molecule has 0 bridgehead atoms. The number of rotatable bonds is 10. The lowest BCUT2D eigenvalue weighted by Gasteiger charge is -2.17. The van der Waals surface area contributed by atoms with Crippen molar-refractivity contribution < 1.29 is 24.2 Å². The van der Waals surface area contributed by atoms with Gasteiger partial charge in [-0.25, -0.2) is 4.79 Å². The molecule has 0 aliphatic carbocycles. The second-order valence-electron chi connectivity index (χ2n) is 7.12. The number of benzene rings is 1. The molecular formula is C21H28N2O5S. The van der Waals surface area contributed by atoms with E-state index in [4.69, 9.17) is 9.47 Å². The average molecular weight is 421 g/mol. The number of hydrogen-bond donors (Lipinski definition) is 3. The van der Waals surface area contributed by atoms with Crippen molar-refractivity contribution in [3.63, 3.8) is 0 Å². The molecule has 158 valence electrons. The maximum absolute atomic E-state index is 12.5. The van der Waals surface area contributed by atoms with Crippen LogP contribution in [-0.2, 0) is 4.74 Å². The summed E-state index contributed by atoms with van der Waals surface area (Å²) in [5.41, 5.74) is 0.639. The van der Waals surface area contributed by atoms with Crippen molar-refractivity contribution in [2.24, 2.45) is 0 Å². The van der Waals surface area contributed by atoms with E-state index >= 15 is 0 Å². The van der Waals surface area contributed by atoms with Gasteiger partial charge in [-0.15, -0.1) is 11.3 Å². The van der Waals surface area contributed by atoms with Crippen LogP contribution in [0.5, 0.6) is 5.75 Å².